The van der Waals surface area contributed by atoms with E-state index in [1.807, 2.05) is 6.07 Å². The van der Waals surface area contributed by atoms with E-state index < -0.39 is 10.0 Å². The number of amides is 1. The number of sulfonamides is 1. The first kappa shape index (κ1) is 19.5. The third kappa shape index (κ3) is 5.15. The Balaban J connectivity index is 1.49. The molecule has 1 aromatic carbocycles. The third-order valence-corrected chi connectivity index (χ3v) is 5.66. The molecule has 2 aromatic rings. The summed E-state index contributed by atoms with van der Waals surface area (Å²) in [6.45, 7) is 1.78. The second-order valence-corrected chi connectivity index (χ2v) is 8.33. The minimum absolute atomic E-state index is 0.00707. The average Bonchev–Trinajstić information content (AvgIpc) is 2.66. The molecule has 0 radical (unpaired) electrons. The molecule has 0 spiro atoms. The number of benzene rings is 1. The number of halogens is 1. The molecule has 1 fully saturated rings. The highest BCUT2D eigenvalue weighted by molar-refractivity contribution is 7.89. The van der Waals surface area contributed by atoms with Crippen LogP contribution in [0.2, 0.25) is 5.15 Å². The zero-order valence-electron chi connectivity index (χ0n) is 14.5. The number of nitrogens with one attached hydrogen (secondary N) is 1. The lowest BCUT2D eigenvalue weighted by Crippen LogP contribution is -2.40. The van der Waals surface area contributed by atoms with Gasteiger partial charge in [0, 0.05) is 25.6 Å². The maximum absolute atomic E-state index is 12.4. The second kappa shape index (κ2) is 8.20. The monoisotopic (exact) mass is 409 g/mol. The summed E-state index contributed by atoms with van der Waals surface area (Å²) in [5.41, 5.74) is 0.810. The highest BCUT2D eigenvalue weighted by atomic mass is 35.5. The van der Waals surface area contributed by atoms with Crippen molar-refractivity contribution in [2.45, 2.75) is 24.3 Å². The zero-order chi connectivity index (χ0) is 19.4. The Hall–Kier alpha value is -2.23. The number of aromatic nitrogens is 2. The summed E-state index contributed by atoms with van der Waals surface area (Å²) >= 11 is 5.75. The van der Waals surface area contributed by atoms with Crippen LogP contribution in [0.1, 0.15) is 18.4 Å². The van der Waals surface area contributed by atoms with Gasteiger partial charge < -0.3 is 10.2 Å². The van der Waals surface area contributed by atoms with Crippen molar-refractivity contribution in [2.75, 3.05) is 18.0 Å². The molecule has 0 saturated carbocycles. The van der Waals surface area contributed by atoms with Gasteiger partial charge in [0.05, 0.1) is 4.90 Å². The topological polar surface area (TPSA) is 118 Å². The molecule has 0 bridgehead atoms. The average molecular weight is 410 g/mol. The highest BCUT2D eigenvalue weighted by Gasteiger charge is 2.25. The fraction of sp³-hybridized carbons (Fsp3) is 0.353. The van der Waals surface area contributed by atoms with Crippen molar-refractivity contribution in [3.63, 3.8) is 0 Å². The Kier molecular flexibility index (Phi) is 5.93. The van der Waals surface area contributed by atoms with Crippen LogP contribution in [0.5, 0.6) is 0 Å². The molecule has 1 aromatic heterocycles. The van der Waals surface area contributed by atoms with Gasteiger partial charge in [-0.1, -0.05) is 23.7 Å². The molecule has 1 aliphatic rings. The van der Waals surface area contributed by atoms with Gasteiger partial charge in [-0.25, -0.2) is 13.6 Å². The number of primary sulfonamides is 1. The number of piperidine rings is 1. The predicted octanol–water partition coefficient (Wildman–Crippen LogP) is 1.31. The molecule has 3 rings (SSSR count). The van der Waals surface area contributed by atoms with Crippen molar-refractivity contribution in [2.24, 2.45) is 11.1 Å². The molecule has 144 valence electrons. The molecule has 0 unspecified atom stereocenters. The molecule has 3 N–H and O–H groups in total. The van der Waals surface area contributed by atoms with Crippen molar-refractivity contribution in [1.82, 2.24) is 15.5 Å². The van der Waals surface area contributed by atoms with Crippen LogP contribution in [-0.2, 0) is 21.4 Å². The molecule has 0 aliphatic carbocycles. The van der Waals surface area contributed by atoms with E-state index in [2.05, 4.69) is 20.4 Å². The third-order valence-electron chi connectivity index (χ3n) is 4.53. The van der Waals surface area contributed by atoms with Gasteiger partial charge >= 0.3 is 0 Å². The summed E-state index contributed by atoms with van der Waals surface area (Å²) in [5.74, 6) is 0.686. The molecular formula is C17H20ClN5O3S. The van der Waals surface area contributed by atoms with Crippen molar-refractivity contribution < 1.29 is 13.2 Å². The molecular weight excluding hydrogens is 390 g/mol. The smallest absolute Gasteiger partial charge is 0.238 e. The summed E-state index contributed by atoms with van der Waals surface area (Å²) < 4.78 is 22.5. The van der Waals surface area contributed by atoms with Crippen molar-refractivity contribution in [3.8, 4) is 0 Å². The number of rotatable bonds is 5. The van der Waals surface area contributed by atoms with Crippen molar-refractivity contribution in [3.05, 3.63) is 47.1 Å². The SMILES string of the molecule is NS(=O)(=O)c1ccc(CNC(=O)C2CCN(c3ccc(Cl)nn3)CC2)cc1. The first-order valence-corrected chi connectivity index (χ1v) is 10.4. The number of carbonyl (C=O) groups excluding carboxylic acids is 1. The van der Waals surface area contributed by atoms with Crippen LogP contribution in [-0.4, -0.2) is 37.6 Å². The van der Waals surface area contributed by atoms with Crippen molar-refractivity contribution >= 4 is 33.3 Å². The minimum Gasteiger partial charge on any atom is -0.355 e. The molecule has 1 saturated heterocycles. The molecule has 1 aliphatic heterocycles. The van der Waals surface area contributed by atoms with Gasteiger partial charge in [0.15, 0.2) is 11.0 Å². The van der Waals surface area contributed by atoms with E-state index in [1.54, 1.807) is 18.2 Å². The lowest BCUT2D eigenvalue weighted by molar-refractivity contribution is -0.125. The standard InChI is InChI=1S/C17H20ClN5O3S/c18-15-5-6-16(22-21-15)23-9-7-13(8-10-23)17(24)20-11-12-1-3-14(4-2-12)27(19,25)26/h1-6,13H,7-11H2,(H,20,24)(H2,19,25,26). The Morgan fingerprint density at radius 1 is 1.15 bits per heavy atom. The van der Waals surface area contributed by atoms with E-state index >= 15 is 0 Å². The Labute approximate surface area is 162 Å². The summed E-state index contributed by atoms with van der Waals surface area (Å²) in [6.07, 6.45) is 1.45. The van der Waals surface area contributed by atoms with E-state index in [0.29, 0.717) is 11.7 Å². The van der Waals surface area contributed by atoms with Gasteiger partial charge in [0.2, 0.25) is 15.9 Å². The number of anilines is 1. The zero-order valence-corrected chi connectivity index (χ0v) is 16.1. The molecule has 27 heavy (non-hydrogen) atoms. The minimum atomic E-state index is -3.71. The first-order chi connectivity index (χ1) is 12.8. The van der Waals surface area contributed by atoms with E-state index in [9.17, 15) is 13.2 Å². The lowest BCUT2D eigenvalue weighted by Gasteiger charge is -2.31. The molecule has 1 amide bonds. The van der Waals surface area contributed by atoms with E-state index in [-0.39, 0.29) is 16.7 Å². The van der Waals surface area contributed by atoms with Crippen LogP contribution >= 0.6 is 11.6 Å². The van der Waals surface area contributed by atoms with Crippen LogP contribution in [0.25, 0.3) is 0 Å². The molecule has 8 nitrogen and oxygen atoms in total. The van der Waals surface area contributed by atoms with E-state index in [1.165, 1.54) is 12.1 Å². The molecule has 10 heteroatoms. The van der Waals surface area contributed by atoms with Crippen LogP contribution in [0.15, 0.2) is 41.3 Å². The predicted molar refractivity (Wildman–Crippen MR) is 102 cm³/mol. The van der Waals surface area contributed by atoms with Gasteiger partial charge in [0.1, 0.15) is 0 Å². The maximum Gasteiger partial charge on any atom is 0.238 e. The van der Waals surface area contributed by atoms with Gasteiger partial charge in [-0.05, 0) is 42.7 Å². The number of nitrogens with zero attached hydrogens (tertiary/aromatic N) is 3. The van der Waals surface area contributed by atoms with Crippen LogP contribution in [0, 0.1) is 5.92 Å². The van der Waals surface area contributed by atoms with Gasteiger partial charge in [0.25, 0.3) is 0 Å². The van der Waals surface area contributed by atoms with Gasteiger partial charge in [-0.15, -0.1) is 10.2 Å². The fourth-order valence-corrected chi connectivity index (χ4v) is 3.60. The van der Waals surface area contributed by atoms with Gasteiger partial charge in [-0.2, -0.15) is 0 Å². The Morgan fingerprint density at radius 3 is 2.37 bits per heavy atom. The lowest BCUT2D eigenvalue weighted by atomic mass is 9.96. The number of nitrogens with two attached hydrogens (primary N) is 1. The molecule has 2 heterocycles. The summed E-state index contributed by atoms with van der Waals surface area (Å²) in [7, 11) is -3.71. The Morgan fingerprint density at radius 2 is 1.81 bits per heavy atom. The maximum atomic E-state index is 12.4. The summed E-state index contributed by atoms with van der Waals surface area (Å²) in [6, 6.07) is 9.67. The number of hydrogen-bond acceptors (Lipinski definition) is 6. The first-order valence-electron chi connectivity index (χ1n) is 8.46. The number of carbonyl (C=O) groups is 1. The summed E-state index contributed by atoms with van der Waals surface area (Å²) in [5, 5.41) is 16.2. The van der Waals surface area contributed by atoms with E-state index in [4.69, 9.17) is 16.7 Å². The number of hydrogen-bond donors (Lipinski definition) is 2. The molecule has 0 atom stereocenters. The Bertz CT molecular complexity index is 895. The largest absolute Gasteiger partial charge is 0.355 e. The van der Waals surface area contributed by atoms with Gasteiger partial charge in [-0.3, -0.25) is 4.79 Å². The van der Waals surface area contributed by atoms with Crippen LogP contribution in [0.4, 0.5) is 5.82 Å². The second-order valence-electron chi connectivity index (χ2n) is 6.38. The van der Waals surface area contributed by atoms with Crippen LogP contribution < -0.4 is 15.4 Å². The van der Waals surface area contributed by atoms with Crippen molar-refractivity contribution in [1.29, 1.82) is 0 Å². The normalized spacial score (nSPS) is 15.6. The van der Waals surface area contributed by atoms with E-state index in [0.717, 1.165) is 37.3 Å². The summed E-state index contributed by atoms with van der Waals surface area (Å²) in [4.78, 5) is 14.5. The quantitative estimate of drug-likeness (QED) is 0.768. The highest BCUT2D eigenvalue weighted by Crippen LogP contribution is 2.22. The fourth-order valence-electron chi connectivity index (χ4n) is 2.98. The van der Waals surface area contributed by atoms with Crippen LogP contribution in [0.3, 0.4) is 0 Å².